The molecule has 0 aromatic heterocycles. The Morgan fingerprint density at radius 2 is 1.68 bits per heavy atom. The Bertz CT molecular complexity index is 324. The fourth-order valence-electron chi connectivity index (χ4n) is 1.91. The van der Waals surface area contributed by atoms with Gasteiger partial charge in [-0.3, -0.25) is 9.59 Å². The van der Waals surface area contributed by atoms with Gasteiger partial charge in [-0.05, 0) is 38.7 Å². The third-order valence-corrected chi connectivity index (χ3v) is 7.98. The average Bonchev–Trinajstić information content (AvgIpc) is 2.10. The summed E-state index contributed by atoms with van der Waals surface area (Å²) in [6, 6.07) is 0.431. The van der Waals surface area contributed by atoms with Crippen LogP contribution in [0.4, 0.5) is 0 Å². The standard InChI is InChI=1S/C11H24O6Si2/c1-18(2,3)17-19(4,16)7-5-6-9(11(14)15)8-10(12)13/h9,16H,5-8H2,1-4H3,(H,12,13)(H,14,15). The van der Waals surface area contributed by atoms with E-state index < -0.39 is 34.7 Å². The molecule has 19 heavy (non-hydrogen) atoms. The molecule has 0 aliphatic heterocycles. The maximum absolute atomic E-state index is 10.9. The van der Waals surface area contributed by atoms with Crippen LogP contribution in [0.25, 0.3) is 0 Å². The number of hydrogen-bond acceptors (Lipinski definition) is 4. The molecule has 2 unspecified atom stereocenters. The van der Waals surface area contributed by atoms with E-state index in [1.807, 2.05) is 19.6 Å². The number of hydrogen-bond donors (Lipinski definition) is 3. The fraction of sp³-hybridized carbons (Fsp3) is 0.818. The monoisotopic (exact) mass is 308 g/mol. The predicted molar refractivity (Wildman–Crippen MR) is 75.7 cm³/mol. The topological polar surface area (TPSA) is 104 Å². The minimum absolute atomic E-state index is 0.250. The highest BCUT2D eigenvalue weighted by Gasteiger charge is 2.33. The number of carboxylic acids is 2. The van der Waals surface area contributed by atoms with Gasteiger partial charge in [0.2, 0.25) is 0 Å². The van der Waals surface area contributed by atoms with Crippen LogP contribution in [0.15, 0.2) is 0 Å². The predicted octanol–water partition coefficient (Wildman–Crippen LogP) is 1.86. The zero-order valence-corrected chi connectivity index (χ0v) is 14.0. The van der Waals surface area contributed by atoms with Crippen molar-refractivity contribution < 1.29 is 28.7 Å². The molecule has 2 atom stereocenters. The lowest BCUT2D eigenvalue weighted by Gasteiger charge is -2.29. The summed E-state index contributed by atoms with van der Waals surface area (Å²) in [5.74, 6) is -3.11. The molecule has 112 valence electrons. The highest BCUT2D eigenvalue weighted by molar-refractivity contribution is 6.81. The minimum atomic E-state index is -2.76. The first-order valence-corrected chi connectivity index (χ1v) is 12.3. The Balaban J connectivity index is 4.25. The molecule has 0 saturated heterocycles. The van der Waals surface area contributed by atoms with E-state index in [0.29, 0.717) is 12.5 Å². The van der Waals surface area contributed by atoms with Gasteiger partial charge in [-0.2, -0.15) is 0 Å². The second-order valence-electron chi connectivity index (χ2n) is 5.91. The highest BCUT2D eigenvalue weighted by atomic mass is 28.4. The molecular formula is C11H24O6Si2. The molecule has 0 aliphatic carbocycles. The molecule has 0 aliphatic rings. The molecule has 0 heterocycles. The molecule has 0 fully saturated rings. The molecular weight excluding hydrogens is 284 g/mol. The SMILES string of the molecule is C[Si](C)(C)O[Si](C)(O)CCCC(CC(=O)O)C(=O)O. The smallest absolute Gasteiger partial charge is 0.321 e. The van der Waals surface area contributed by atoms with Crippen molar-refractivity contribution in [3.05, 3.63) is 0 Å². The maximum atomic E-state index is 10.9. The van der Waals surface area contributed by atoms with Crippen LogP contribution >= 0.6 is 0 Å². The second-order valence-corrected chi connectivity index (χ2v) is 13.8. The molecule has 6 nitrogen and oxygen atoms in total. The second kappa shape index (κ2) is 7.18. The van der Waals surface area contributed by atoms with Gasteiger partial charge in [-0.15, -0.1) is 0 Å². The van der Waals surface area contributed by atoms with Gasteiger partial charge in [0.25, 0.3) is 0 Å². The Labute approximate surface area is 115 Å². The molecule has 0 aromatic rings. The zero-order valence-electron chi connectivity index (χ0n) is 12.0. The van der Waals surface area contributed by atoms with Crippen LogP contribution < -0.4 is 0 Å². The normalized spacial score (nSPS) is 16.7. The van der Waals surface area contributed by atoms with Crippen molar-refractivity contribution in [3.63, 3.8) is 0 Å². The molecule has 0 radical (unpaired) electrons. The number of carbonyl (C=O) groups is 2. The summed E-state index contributed by atoms with van der Waals surface area (Å²) in [5, 5.41) is 17.5. The van der Waals surface area contributed by atoms with Crippen LogP contribution in [-0.4, -0.2) is 43.8 Å². The lowest BCUT2D eigenvalue weighted by atomic mass is 10.0. The third kappa shape index (κ3) is 9.82. The van der Waals surface area contributed by atoms with Gasteiger partial charge in [-0.1, -0.05) is 6.42 Å². The quantitative estimate of drug-likeness (QED) is 0.562. The Kier molecular flexibility index (Phi) is 6.91. The highest BCUT2D eigenvalue weighted by Crippen LogP contribution is 2.21. The molecule has 0 aromatic carbocycles. The molecule has 8 heteroatoms. The van der Waals surface area contributed by atoms with E-state index in [4.69, 9.17) is 14.3 Å². The lowest BCUT2D eigenvalue weighted by molar-refractivity contribution is -0.148. The first-order chi connectivity index (χ1) is 8.43. The third-order valence-electron chi connectivity index (χ3n) is 2.49. The fourth-order valence-corrected chi connectivity index (χ4v) is 8.46. The Hall–Kier alpha value is -0.706. The van der Waals surface area contributed by atoms with Gasteiger partial charge in [-0.25, -0.2) is 0 Å². The van der Waals surface area contributed by atoms with Crippen LogP contribution in [0.5, 0.6) is 0 Å². The van der Waals surface area contributed by atoms with Crippen molar-refractivity contribution in [2.45, 2.75) is 51.5 Å². The maximum Gasteiger partial charge on any atom is 0.321 e. The first-order valence-electron chi connectivity index (χ1n) is 6.30. The summed E-state index contributed by atoms with van der Waals surface area (Å²) in [6.07, 6.45) is 0.335. The zero-order chi connectivity index (χ0) is 15.3. The van der Waals surface area contributed by atoms with Crippen molar-refractivity contribution in [1.29, 1.82) is 0 Å². The van der Waals surface area contributed by atoms with Gasteiger partial charge in [0, 0.05) is 0 Å². The van der Waals surface area contributed by atoms with E-state index in [1.54, 1.807) is 6.55 Å². The summed E-state index contributed by atoms with van der Waals surface area (Å²) in [7, 11) is -4.58. The van der Waals surface area contributed by atoms with Crippen LogP contribution in [0, 0.1) is 5.92 Å². The van der Waals surface area contributed by atoms with Crippen molar-refractivity contribution >= 4 is 28.8 Å². The van der Waals surface area contributed by atoms with E-state index in [1.165, 1.54) is 0 Å². The summed E-state index contributed by atoms with van der Waals surface area (Å²) >= 11 is 0. The number of carboxylic acid groups (broad SMARTS) is 2. The van der Waals surface area contributed by atoms with Gasteiger partial charge in [0.05, 0.1) is 12.3 Å². The molecule has 0 saturated carbocycles. The lowest BCUT2D eigenvalue weighted by Crippen LogP contribution is -2.44. The van der Waals surface area contributed by atoms with Gasteiger partial charge < -0.3 is 19.1 Å². The van der Waals surface area contributed by atoms with Gasteiger partial charge in [0.15, 0.2) is 8.32 Å². The summed E-state index contributed by atoms with van der Waals surface area (Å²) < 4.78 is 5.72. The minimum Gasteiger partial charge on any atom is -0.481 e. The van der Waals surface area contributed by atoms with Crippen molar-refractivity contribution in [2.24, 2.45) is 5.92 Å². The van der Waals surface area contributed by atoms with Crippen LogP contribution in [0.2, 0.25) is 32.2 Å². The summed E-state index contributed by atoms with van der Waals surface area (Å²) in [5.41, 5.74) is 0. The van der Waals surface area contributed by atoms with Crippen molar-refractivity contribution in [1.82, 2.24) is 0 Å². The van der Waals surface area contributed by atoms with E-state index in [9.17, 15) is 14.4 Å². The van der Waals surface area contributed by atoms with Crippen LogP contribution in [0.1, 0.15) is 19.3 Å². The van der Waals surface area contributed by atoms with Crippen molar-refractivity contribution in [2.75, 3.05) is 0 Å². The van der Waals surface area contributed by atoms with Gasteiger partial charge in [0.1, 0.15) is 0 Å². The number of aliphatic carboxylic acids is 2. The first kappa shape index (κ1) is 18.3. The van der Waals surface area contributed by atoms with E-state index in [-0.39, 0.29) is 12.8 Å². The Morgan fingerprint density at radius 1 is 1.16 bits per heavy atom. The van der Waals surface area contributed by atoms with E-state index in [2.05, 4.69) is 0 Å². The van der Waals surface area contributed by atoms with Crippen LogP contribution in [0.3, 0.4) is 0 Å². The Morgan fingerprint density at radius 3 is 2.05 bits per heavy atom. The summed E-state index contributed by atoms with van der Waals surface area (Å²) in [4.78, 5) is 31.6. The molecule has 0 rings (SSSR count). The molecule has 0 spiro atoms. The summed E-state index contributed by atoms with van der Waals surface area (Å²) in [6.45, 7) is 7.65. The van der Waals surface area contributed by atoms with Gasteiger partial charge >= 0.3 is 20.5 Å². The molecule has 0 bridgehead atoms. The average molecular weight is 308 g/mol. The molecule has 3 N–H and O–H groups in total. The van der Waals surface area contributed by atoms with Crippen LogP contribution in [-0.2, 0) is 13.7 Å². The largest absolute Gasteiger partial charge is 0.481 e. The van der Waals surface area contributed by atoms with E-state index >= 15 is 0 Å². The van der Waals surface area contributed by atoms with E-state index in [0.717, 1.165) is 0 Å². The number of rotatable bonds is 9. The van der Waals surface area contributed by atoms with Crippen molar-refractivity contribution in [3.8, 4) is 0 Å². The molecule has 0 amide bonds.